The lowest BCUT2D eigenvalue weighted by Gasteiger charge is -2.35. The van der Waals surface area contributed by atoms with E-state index in [1.807, 2.05) is 4.90 Å². The van der Waals surface area contributed by atoms with Crippen molar-refractivity contribution in [1.29, 1.82) is 0 Å². The number of aromatic nitrogens is 1. The zero-order valence-corrected chi connectivity index (χ0v) is 18.8. The first-order valence-corrected chi connectivity index (χ1v) is 11.4. The fourth-order valence-electron chi connectivity index (χ4n) is 4.69. The highest BCUT2D eigenvalue weighted by atomic mass is 16.5. The molecule has 32 heavy (non-hydrogen) atoms. The molecule has 1 aromatic carbocycles. The van der Waals surface area contributed by atoms with Crippen LogP contribution in [0.15, 0.2) is 28.8 Å². The molecular formula is C24H31N3O5. The lowest BCUT2D eigenvalue weighted by atomic mass is 9.87. The summed E-state index contributed by atoms with van der Waals surface area (Å²) in [7, 11) is 3.10. The number of anilines is 1. The molecule has 2 fully saturated rings. The number of nitrogens with one attached hydrogen (secondary N) is 1. The number of methoxy groups -OCH3 is 2. The average molecular weight is 442 g/mol. The van der Waals surface area contributed by atoms with Gasteiger partial charge in [0.1, 0.15) is 11.5 Å². The molecule has 2 heterocycles. The van der Waals surface area contributed by atoms with Gasteiger partial charge in [-0.15, -0.1) is 0 Å². The van der Waals surface area contributed by atoms with Crippen molar-refractivity contribution in [3.05, 3.63) is 35.7 Å². The van der Waals surface area contributed by atoms with E-state index in [-0.39, 0.29) is 23.5 Å². The fraction of sp³-hybridized carbons (Fsp3) is 0.542. The molecule has 8 nitrogen and oxygen atoms in total. The van der Waals surface area contributed by atoms with Gasteiger partial charge in [-0.05, 0) is 25.7 Å². The smallest absolute Gasteiger partial charge is 0.294 e. The van der Waals surface area contributed by atoms with E-state index in [4.69, 9.17) is 14.0 Å². The van der Waals surface area contributed by atoms with Gasteiger partial charge in [0, 0.05) is 54.9 Å². The van der Waals surface area contributed by atoms with E-state index < -0.39 is 5.91 Å². The minimum absolute atomic E-state index is 0.0819. The monoisotopic (exact) mass is 441 g/mol. The zero-order chi connectivity index (χ0) is 22.5. The molecule has 2 aliphatic rings. The van der Waals surface area contributed by atoms with E-state index in [2.05, 4.69) is 10.5 Å². The van der Waals surface area contributed by atoms with Gasteiger partial charge in [-0.25, -0.2) is 0 Å². The molecule has 1 aliphatic heterocycles. The summed E-state index contributed by atoms with van der Waals surface area (Å²) >= 11 is 0. The summed E-state index contributed by atoms with van der Waals surface area (Å²) < 4.78 is 15.8. The minimum Gasteiger partial charge on any atom is -0.497 e. The van der Waals surface area contributed by atoms with Crippen LogP contribution in [0.25, 0.3) is 0 Å². The molecule has 1 aliphatic carbocycles. The molecule has 1 saturated carbocycles. The van der Waals surface area contributed by atoms with Crippen LogP contribution >= 0.6 is 0 Å². The number of nitrogens with zero attached hydrogens (tertiary/aromatic N) is 2. The van der Waals surface area contributed by atoms with Crippen LogP contribution in [-0.4, -0.2) is 49.2 Å². The SMILES string of the molecule is COc1cc(NC(=O)c2cc(C3CCCN(C(=O)C4CCCCC4)C3)no2)cc(OC)c1. The van der Waals surface area contributed by atoms with Crippen molar-refractivity contribution < 1.29 is 23.6 Å². The molecule has 2 aromatic rings. The van der Waals surface area contributed by atoms with Crippen molar-refractivity contribution in [2.75, 3.05) is 32.6 Å². The topological polar surface area (TPSA) is 93.9 Å². The van der Waals surface area contributed by atoms with Crippen LogP contribution < -0.4 is 14.8 Å². The van der Waals surface area contributed by atoms with E-state index in [1.54, 1.807) is 38.5 Å². The van der Waals surface area contributed by atoms with Crippen molar-refractivity contribution in [2.45, 2.75) is 50.9 Å². The maximum absolute atomic E-state index is 12.9. The van der Waals surface area contributed by atoms with Crippen molar-refractivity contribution in [3.63, 3.8) is 0 Å². The summed E-state index contributed by atoms with van der Waals surface area (Å²) in [5, 5.41) is 6.95. The highest BCUT2D eigenvalue weighted by molar-refractivity contribution is 6.02. The van der Waals surface area contributed by atoms with Gasteiger partial charge in [-0.3, -0.25) is 9.59 Å². The number of hydrogen-bond acceptors (Lipinski definition) is 6. The Labute approximate surface area is 188 Å². The van der Waals surface area contributed by atoms with Gasteiger partial charge in [0.2, 0.25) is 11.7 Å². The fourth-order valence-corrected chi connectivity index (χ4v) is 4.69. The Morgan fingerprint density at radius 3 is 2.41 bits per heavy atom. The van der Waals surface area contributed by atoms with E-state index in [9.17, 15) is 9.59 Å². The maximum atomic E-state index is 12.9. The molecule has 172 valence electrons. The first-order chi connectivity index (χ1) is 15.6. The summed E-state index contributed by atoms with van der Waals surface area (Å²) in [5.41, 5.74) is 1.26. The van der Waals surface area contributed by atoms with Crippen LogP contribution in [0.2, 0.25) is 0 Å². The number of amides is 2. The van der Waals surface area contributed by atoms with Crippen LogP contribution in [0.3, 0.4) is 0 Å². The summed E-state index contributed by atoms with van der Waals surface area (Å²) in [4.78, 5) is 27.6. The summed E-state index contributed by atoms with van der Waals surface area (Å²) in [6, 6.07) is 6.82. The molecule has 1 atom stereocenters. The Hall–Kier alpha value is -3.03. The molecule has 0 radical (unpaired) electrons. The first kappa shape index (κ1) is 22.2. The molecule has 1 N–H and O–H groups in total. The molecule has 2 amide bonds. The van der Waals surface area contributed by atoms with Crippen molar-refractivity contribution in [2.24, 2.45) is 5.92 Å². The van der Waals surface area contributed by atoms with Crippen LogP contribution in [0.5, 0.6) is 11.5 Å². The summed E-state index contributed by atoms with van der Waals surface area (Å²) in [6.45, 7) is 1.44. The minimum atomic E-state index is -0.398. The standard InChI is InChI=1S/C24H31N3O5/c1-30-19-11-18(12-20(13-19)31-2)25-23(28)22-14-21(26-32-22)17-9-6-10-27(15-17)24(29)16-7-4-3-5-8-16/h11-14,16-17H,3-10,15H2,1-2H3,(H,25,28). The largest absolute Gasteiger partial charge is 0.497 e. The van der Waals surface area contributed by atoms with Crippen molar-refractivity contribution in [3.8, 4) is 11.5 Å². The average Bonchev–Trinajstić information content (AvgIpc) is 3.34. The number of likely N-dealkylation sites (tertiary alicyclic amines) is 1. The molecule has 8 heteroatoms. The van der Waals surface area contributed by atoms with Gasteiger partial charge in [-0.2, -0.15) is 0 Å². The van der Waals surface area contributed by atoms with Crippen molar-refractivity contribution >= 4 is 17.5 Å². The quantitative estimate of drug-likeness (QED) is 0.721. The van der Waals surface area contributed by atoms with Gasteiger partial charge in [0.15, 0.2) is 0 Å². The number of ether oxygens (including phenoxy) is 2. The Balaban J connectivity index is 1.40. The van der Waals surface area contributed by atoms with Crippen LogP contribution in [0.4, 0.5) is 5.69 Å². The predicted octanol–water partition coefficient (Wildman–Crippen LogP) is 4.23. The summed E-state index contributed by atoms with van der Waals surface area (Å²) in [5.74, 6) is 1.41. The lowest BCUT2D eigenvalue weighted by Crippen LogP contribution is -2.42. The van der Waals surface area contributed by atoms with Gasteiger partial charge < -0.3 is 24.2 Å². The van der Waals surface area contributed by atoms with Gasteiger partial charge in [0.25, 0.3) is 5.91 Å². The second-order valence-electron chi connectivity index (χ2n) is 8.63. The maximum Gasteiger partial charge on any atom is 0.294 e. The Morgan fingerprint density at radius 2 is 1.72 bits per heavy atom. The second kappa shape index (κ2) is 10.1. The van der Waals surface area contributed by atoms with Gasteiger partial charge in [-0.1, -0.05) is 24.4 Å². The van der Waals surface area contributed by atoms with E-state index in [0.29, 0.717) is 23.7 Å². The number of benzene rings is 1. The van der Waals surface area contributed by atoms with Crippen LogP contribution in [0.1, 0.15) is 67.1 Å². The van der Waals surface area contributed by atoms with Crippen molar-refractivity contribution in [1.82, 2.24) is 10.1 Å². The highest BCUT2D eigenvalue weighted by Gasteiger charge is 2.31. The zero-order valence-electron chi connectivity index (χ0n) is 18.8. The van der Waals surface area contributed by atoms with Gasteiger partial charge in [0.05, 0.1) is 19.9 Å². The Bertz CT molecular complexity index is 929. The highest BCUT2D eigenvalue weighted by Crippen LogP contribution is 2.31. The van der Waals surface area contributed by atoms with Crippen LogP contribution in [-0.2, 0) is 4.79 Å². The third kappa shape index (κ3) is 5.06. The first-order valence-electron chi connectivity index (χ1n) is 11.4. The van der Waals surface area contributed by atoms with E-state index >= 15 is 0 Å². The molecular weight excluding hydrogens is 410 g/mol. The number of carbonyl (C=O) groups excluding carboxylic acids is 2. The normalized spacial score (nSPS) is 19.4. The molecule has 0 spiro atoms. The molecule has 0 bridgehead atoms. The molecule has 4 rings (SSSR count). The number of carbonyl (C=O) groups is 2. The Morgan fingerprint density at radius 1 is 1.00 bits per heavy atom. The van der Waals surface area contributed by atoms with Gasteiger partial charge >= 0.3 is 0 Å². The van der Waals surface area contributed by atoms with Crippen LogP contribution in [0, 0.1) is 5.92 Å². The number of hydrogen-bond donors (Lipinski definition) is 1. The van der Waals surface area contributed by atoms with E-state index in [1.165, 1.54) is 6.42 Å². The molecule has 1 saturated heterocycles. The molecule has 1 unspecified atom stereocenters. The number of rotatable bonds is 6. The predicted molar refractivity (Wildman–Crippen MR) is 119 cm³/mol. The second-order valence-corrected chi connectivity index (χ2v) is 8.63. The molecule has 1 aromatic heterocycles. The Kier molecular flexibility index (Phi) is 6.97. The third-order valence-electron chi connectivity index (χ3n) is 6.47. The summed E-state index contributed by atoms with van der Waals surface area (Å²) in [6.07, 6.45) is 7.39. The number of piperidine rings is 1. The third-order valence-corrected chi connectivity index (χ3v) is 6.47. The lowest BCUT2D eigenvalue weighted by molar-refractivity contribution is -0.137. The van der Waals surface area contributed by atoms with E-state index in [0.717, 1.165) is 50.8 Å².